The van der Waals surface area contributed by atoms with E-state index in [0.717, 1.165) is 3.93 Å². The van der Waals surface area contributed by atoms with Crippen LogP contribution in [0.25, 0.3) is 0 Å². The molecule has 1 aliphatic carbocycles. The standard InChI is InChI=1S/2C7H7.C6H11.Sn/c2*1-7-5-3-2-4-6-7;1-2-4-6-5-3-1;/h2*2-3,5-6H,1H3;1H,2-6H2;. The Morgan fingerprint density at radius 3 is 1.76 bits per heavy atom. The Balaban J connectivity index is 2.01. The SMILES string of the molecule is Cc1ccc[c]([Sn]([c]2cccc(C)c2)[CH]2CCCCC2)c1. The van der Waals surface area contributed by atoms with Gasteiger partial charge in [0.15, 0.2) is 0 Å². The van der Waals surface area contributed by atoms with Crippen LogP contribution in [0.15, 0.2) is 48.5 Å². The Labute approximate surface area is 136 Å². The van der Waals surface area contributed by atoms with Crippen molar-refractivity contribution in [2.45, 2.75) is 49.9 Å². The van der Waals surface area contributed by atoms with E-state index in [4.69, 9.17) is 0 Å². The molecular weight excluding hydrogens is 359 g/mol. The van der Waals surface area contributed by atoms with Gasteiger partial charge in [0, 0.05) is 0 Å². The van der Waals surface area contributed by atoms with E-state index < -0.39 is 19.8 Å². The third-order valence-corrected chi connectivity index (χ3v) is 14.0. The summed E-state index contributed by atoms with van der Waals surface area (Å²) in [6, 6.07) is 18.8. The van der Waals surface area contributed by atoms with Crippen LogP contribution in [0, 0.1) is 13.8 Å². The summed E-state index contributed by atoms with van der Waals surface area (Å²) in [6.45, 7) is 4.47. The predicted molar refractivity (Wildman–Crippen MR) is 94.2 cm³/mol. The number of benzene rings is 2. The zero-order valence-electron chi connectivity index (χ0n) is 13.2. The van der Waals surface area contributed by atoms with Crippen molar-refractivity contribution in [2.24, 2.45) is 0 Å². The average molecular weight is 384 g/mol. The van der Waals surface area contributed by atoms with Crippen molar-refractivity contribution in [2.75, 3.05) is 0 Å². The van der Waals surface area contributed by atoms with E-state index in [0.29, 0.717) is 0 Å². The molecule has 0 heterocycles. The van der Waals surface area contributed by atoms with Gasteiger partial charge in [0.2, 0.25) is 0 Å². The predicted octanol–water partition coefficient (Wildman–Crippen LogP) is 4.25. The van der Waals surface area contributed by atoms with Crippen LogP contribution in [0.4, 0.5) is 0 Å². The Hall–Kier alpha value is -0.761. The van der Waals surface area contributed by atoms with E-state index in [1.165, 1.54) is 43.2 Å². The van der Waals surface area contributed by atoms with E-state index in [2.05, 4.69) is 62.4 Å². The van der Waals surface area contributed by atoms with E-state index in [-0.39, 0.29) is 0 Å². The van der Waals surface area contributed by atoms with Crippen LogP contribution in [-0.2, 0) is 0 Å². The molecule has 0 aliphatic heterocycles. The summed E-state index contributed by atoms with van der Waals surface area (Å²) < 4.78 is 4.41. The first-order valence-corrected chi connectivity index (χ1v) is 12.7. The van der Waals surface area contributed by atoms with Crippen LogP contribution in [0.3, 0.4) is 0 Å². The summed E-state index contributed by atoms with van der Waals surface area (Å²) in [5.74, 6) is 0. The summed E-state index contributed by atoms with van der Waals surface area (Å²) in [7, 11) is 0. The van der Waals surface area contributed by atoms with Crippen LogP contribution in [0.2, 0.25) is 3.93 Å². The van der Waals surface area contributed by atoms with E-state index in [1.54, 1.807) is 7.16 Å². The molecule has 109 valence electrons. The molecule has 2 aromatic carbocycles. The van der Waals surface area contributed by atoms with Crippen molar-refractivity contribution in [3.63, 3.8) is 0 Å². The fourth-order valence-corrected chi connectivity index (χ4v) is 13.9. The summed E-state index contributed by atoms with van der Waals surface area (Å²) >= 11 is -1.78. The quantitative estimate of drug-likeness (QED) is 0.695. The van der Waals surface area contributed by atoms with Gasteiger partial charge in [0.1, 0.15) is 0 Å². The molecule has 0 atom stereocenters. The van der Waals surface area contributed by atoms with Gasteiger partial charge in [0.25, 0.3) is 0 Å². The second-order valence-corrected chi connectivity index (χ2v) is 14.5. The maximum absolute atomic E-state index is 2.48. The molecule has 0 amide bonds. The molecule has 0 saturated heterocycles. The van der Waals surface area contributed by atoms with Gasteiger partial charge in [-0.1, -0.05) is 0 Å². The minimum atomic E-state index is -1.78. The third kappa shape index (κ3) is 3.71. The molecule has 1 radical (unpaired) electrons. The summed E-state index contributed by atoms with van der Waals surface area (Å²) in [5, 5.41) is 0. The number of rotatable bonds is 3. The first kappa shape index (κ1) is 15.1. The van der Waals surface area contributed by atoms with Gasteiger partial charge >= 0.3 is 136 Å². The first-order valence-electron chi connectivity index (χ1n) is 8.25. The van der Waals surface area contributed by atoms with Crippen LogP contribution in [0.5, 0.6) is 0 Å². The molecule has 0 spiro atoms. The maximum atomic E-state index is 2.48. The molecule has 1 saturated carbocycles. The molecule has 0 bridgehead atoms. The molecule has 1 aliphatic rings. The van der Waals surface area contributed by atoms with Crippen LogP contribution in [-0.4, -0.2) is 19.8 Å². The van der Waals surface area contributed by atoms with E-state index in [9.17, 15) is 0 Å². The van der Waals surface area contributed by atoms with Crippen molar-refractivity contribution >= 4 is 26.9 Å². The molecule has 0 aromatic heterocycles. The van der Waals surface area contributed by atoms with Gasteiger partial charge in [-0.15, -0.1) is 0 Å². The molecule has 0 N–H and O–H groups in total. The second-order valence-electron chi connectivity index (χ2n) is 6.49. The molecule has 0 unspecified atom stereocenters. The van der Waals surface area contributed by atoms with Crippen LogP contribution < -0.4 is 7.16 Å². The average Bonchev–Trinajstić information content (AvgIpc) is 2.49. The molecule has 1 heteroatoms. The zero-order chi connectivity index (χ0) is 14.7. The van der Waals surface area contributed by atoms with Crippen LogP contribution in [0.1, 0.15) is 43.2 Å². The van der Waals surface area contributed by atoms with Gasteiger partial charge in [-0.3, -0.25) is 0 Å². The summed E-state index contributed by atoms with van der Waals surface area (Å²) in [6.07, 6.45) is 7.29. The molecule has 2 aromatic rings. The first-order chi connectivity index (χ1) is 10.2. The van der Waals surface area contributed by atoms with Crippen molar-refractivity contribution in [3.8, 4) is 0 Å². The fourth-order valence-electron chi connectivity index (χ4n) is 3.65. The molecule has 3 rings (SSSR count). The monoisotopic (exact) mass is 385 g/mol. The molecule has 0 nitrogen and oxygen atoms in total. The van der Waals surface area contributed by atoms with Gasteiger partial charge in [0.05, 0.1) is 0 Å². The van der Waals surface area contributed by atoms with Crippen molar-refractivity contribution in [1.82, 2.24) is 0 Å². The Kier molecular flexibility index (Phi) is 5.05. The second kappa shape index (κ2) is 7.00. The van der Waals surface area contributed by atoms with E-state index in [1.807, 2.05) is 0 Å². The van der Waals surface area contributed by atoms with E-state index >= 15 is 0 Å². The van der Waals surface area contributed by atoms with Gasteiger partial charge in [-0.2, -0.15) is 0 Å². The topological polar surface area (TPSA) is 0 Å². The normalized spacial score (nSPS) is 16.3. The van der Waals surface area contributed by atoms with Crippen molar-refractivity contribution in [1.29, 1.82) is 0 Å². The number of aryl methyl sites for hydroxylation is 2. The summed E-state index contributed by atoms with van der Waals surface area (Å²) in [4.78, 5) is 0. The Bertz CT molecular complexity index is 551. The number of hydrogen-bond acceptors (Lipinski definition) is 0. The Morgan fingerprint density at radius 2 is 1.29 bits per heavy atom. The number of hydrogen-bond donors (Lipinski definition) is 0. The Morgan fingerprint density at radius 1 is 0.762 bits per heavy atom. The molecule has 1 fully saturated rings. The fraction of sp³-hybridized carbons (Fsp3) is 0.400. The van der Waals surface area contributed by atoms with Gasteiger partial charge < -0.3 is 0 Å². The van der Waals surface area contributed by atoms with Gasteiger partial charge in [-0.05, 0) is 0 Å². The third-order valence-electron chi connectivity index (χ3n) is 4.67. The summed E-state index contributed by atoms with van der Waals surface area (Å²) in [5.41, 5.74) is 2.85. The molecule has 21 heavy (non-hydrogen) atoms. The molecular formula is C20H25Sn. The van der Waals surface area contributed by atoms with Crippen LogP contribution >= 0.6 is 0 Å². The zero-order valence-corrected chi connectivity index (χ0v) is 16.1. The van der Waals surface area contributed by atoms with Crippen molar-refractivity contribution < 1.29 is 0 Å². The van der Waals surface area contributed by atoms with Crippen molar-refractivity contribution in [3.05, 3.63) is 59.7 Å². The minimum absolute atomic E-state index is 1.00. The van der Waals surface area contributed by atoms with Gasteiger partial charge in [-0.25, -0.2) is 0 Å².